The molecule has 0 bridgehead atoms. The van der Waals surface area contributed by atoms with Gasteiger partial charge in [-0.2, -0.15) is 0 Å². The second-order valence-corrected chi connectivity index (χ2v) is 6.45. The zero-order valence-corrected chi connectivity index (χ0v) is 13.7. The molecule has 1 heterocycles. The van der Waals surface area contributed by atoms with Crippen LogP contribution in [0.1, 0.15) is 15.9 Å². The maximum Gasteiger partial charge on any atom is 0.299 e. The van der Waals surface area contributed by atoms with Gasteiger partial charge in [0.1, 0.15) is 5.82 Å². The van der Waals surface area contributed by atoms with E-state index in [4.69, 9.17) is 0 Å². The summed E-state index contributed by atoms with van der Waals surface area (Å²) in [7, 11) is 0. The van der Waals surface area contributed by atoms with Gasteiger partial charge in [-0.25, -0.2) is 4.39 Å². The number of hydrogen-bond donors (Lipinski definition) is 0. The minimum atomic E-state index is -0.637. The van der Waals surface area contributed by atoms with Crippen LogP contribution in [0.5, 0.6) is 0 Å². The van der Waals surface area contributed by atoms with Crippen LogP contribution in [0.2, 0.25) is 0 Å². The predicted molar refractivity (Wildman–Crippen MR) is 83.8 cm³/mol. The fourth-order valence-corrected chi connectivity index (χ4v) is 3.02. The highest BCUT2D eigenvalue weighted by molar-refractivity contribution is 9.10. The van der Waals surface area contributed by atoms with E-state index in [9.17, 15) is 14.0 Å². The molecule has 3 nitrogen and oxygen atoms in total. The van der Waals surface area contributed by atoms with E-state index in [0.717, 1.165) is 4.47 Å². The number of Topliss-reactive ketones (excluding diaryl/α,β-unsaturated/α-hetero) is 1. The van der Waals surface area contributed by atoms with Gasteiger partial charge in [0.05, 0.1) is 17.8 Å². The highest BCUT2D eigenvalue weighted by atomic mass is 79.9. The van der Waals surface area contributed by atoms with Gasteiger partial charge in [0.2, 0.25) is 0 Å². The number of benzene rings is 2. The molecule has 6 heteroatoms. The summed E-state index contributed by atoms with van der Waals surface area (Å²) in [6.07, 6.45) is 0. The summed E-state index contributed by atoms with van der Waals surface area (Å²) in [6.45, 7) is 0.0132. The predicted octanol–water partition coefficient (Wildman–Crippen LogP) is 4.08. The second-order valence-electron chi connectivity index (χ2n) is 4.62. The Morgan fingerprint density at radius 3 is 2.43 bits per heavy atom. The molecule has 1 amide bonds. The minimum absolute atomic E-state index is 0.0132. The van der Waals surface area contributed by atoms with Crippen molar-refractivity contribution in [2.45, 2.75) is 6.54 Å². The first-order valence-corrected chi connectivity index (χ1v) is 7.65. The molecule has 0 aromatic heterocycles. The Labute approximate surface area is 137 Å². The average Bonchev–Trinajstić information content (AvgIpc) is 2.67. The Morgan fingerprint density at radius 1 is 1.00 bits per heavy atom. The molecule has 0 saturated carbocycles. The lowest BCUT2D eigenvalue weighted by Gasteiger charge is -2.17. The fraction of sp³-hybridized carbons (Fsp3) is 0.0667. The number of fused-ring (bicyclic) bond motifs is 1. The van der Waals surface area contributed by atoms with Gasteiger partial charge in [-0.05, 0) is 36.4 Å². The van der Waals surface area contributed by atoms with E-state index in [2.05, 4.69) is 31.9 Å². The Hall–Kier alpha value is -1.53. The summed E-state index contributed by atoms with van der Waals surface area (Å²) < 4.78 is 15.3. The van der Waals surface area contributed by atoms with Crippen molar-refractivity contribution in [3.05, 3.63) is 62.3 Å². The van der Waals surface area contributed by atoms with Crippen molar-refractivity contribution < 1.29 is 14.0 Å². The molecule has 0 N–H and O–H groups in total. The number of ketones is 1. The summed E-state index contributed by atoms with van der Waals surface area (Å²) in [6, 6.07) is 9.49. The van der Waals surface area contributed by atoms with Crippen molar-refractivity contribution in [2.75, 3.05) is 4.90 Å². The van der Waals surface area contributed by atoms with E-state index in [1.165, 1.54) is 11.0 Å². The number of halogens is 3. The molecule has 0 radical (unpaired) electrons. The number of carbonyl (C=O) groups is 2. The smallest absolute Gasteiger partial charge is 0.299 e. The molecule has 3 rings (SSSR count). The number of nitrogens with zero attached hydrogens (tertiary/aromatic N) is 1. The summed E-state index contributed by atoms with van der Waals surface area (Å²) >= 11 is 6.58. The van der Waals surface area contributed by atoms with Gasteiger partial charge in [0.25, 0.3) is 11.7 Å². The van der Waals surface area contributed by atoms with Gasteiger partial charge in [-0.15, -0.1) is 0 Å². The maximum absolute atomic E-state index is 13.8. The number of rotatable bonds is 2. The van der Waals surface area contributed by atoms with Crippen LogP contribution in [0.4, 0.5) is 10.1 Å². The van der Waals surface area contributed by atoms with Crippen LogP contribution in [0.25, 0.3) is 0 Å². The van der Waals surface area contributed by atoms with Crippen molar-refractivity contribution >= 4 is 49.2 Å². The molecule has 21 heavy (non-hydrogen) atoms. The number of anilines is 1. The van der Waals surface area contributed by atoms with Gasteiger partial charge < -0.3 is 4.90 Å². The number of carbonyl (C=O) groups excluding carboxylic acids is 2. The lowest BCUT2D eigenvalue weighted by molar-refractivity contribution is -0.114. The average molecular weight is 413 g/mol. The van der Waals surface area contributed by atoms with Gasteiger partial charge in [0, 0.05) is 14.5 Å². The highest BCUT2D eigenvalue weighted by Crippen LogP contribution is 2.33. The normalized spacial score (nSPS) is 13.8. The Morgan fingerprint density at radius 2 is 1.67 bits per heavy atom. The van der Waals surface area contributed by atoms with Gasteiger partial charge in [-0.3, -0.25) is 9.59 Å². The van der Waals surface area contributed by atoms with Crippen LogP contribution in [0.3, 0.4) is 0 Å². The molecular weight excluding hydrogens is 405 g/mol. The molecule has 0 atom stereocenters. The van der Waals surface area contributed by atoms with Crippen LogP contribution in [0, 0.1) is 5.82 Å². The summed E-state index contributed by atoms with van der Waals surface area (Å²) in [5.41, 5.74) is 1.19. The molecule has 2 aromatic rings. The summed E-state index contributed by atoms with van der Waals surface area (Å²) in [5.74, 6) is -1.61. The second kappa shape index (κ2) is 5.35. The van der Waals surface area contributed by atoms with Gasteiger partial charge >= 0.3 is 0 Å². The zero-order valence-electron chi connectivity index (χ0n) is 10.6. The molecule has 1 aliphatic heterocycles. The van der Waals surface area contributed by atoms with Crippen LogP contribution in [0.15, 0.2) is 45.3 Å². The first kappa shape index (κ1) is 14.4. The molecule has 106 valence electrons. The fourth-order valence-electron chi connectivity index (χ4n) is 2.26. The Balaban J connectivity index is 2.04. The largest absolute Gasteiger partial charge is 0.300 e. The van der Waals surface area contributed by atoms with Crippen LogP contribution in [-0.2, 0) is 11.3 Å². The maximum atomic E-state index is 13.8. The minimum Gasteiger partial charge on any atom is -0.300 e. The van der Waals surface area contributed by atoms with E-state index in [0.29, 0.717) is 21.3 Å². The van der Waals surface area contributed by atoms with Crippen LogP contribution < -0.4 is 4.90 Å². The molecule has 0 spiro atoms. The SMILES string of the molecule is O=C1C(=O)N(Cc2cc(Br)ccc2F)c2cc(Br)ccc21. The van der Waals surface area contributed by atoms with E-state index in [1.54, 1.807) is 30.3 Å². The van der Waals surface area contributed by atoms with Gasteiger partial charge in [0.15, 0.2) is 0 Å². The number of hydrogen-bond acceptors (Lipinski definition) is 2. The first-order valence-electron chi connectivity index (χ1n) is 6.07. The Bertz CT molecular complexity index is 776. The third kappa shape index (κ3) is 2.53. The Kier molecular flexibility index (Phi) is 3.67. The monoisotopic (exact) mass is 411 g/mol. The van der Waals surface area contributed by atoms with Crippen molar-refractivity contribution in [1.82, 2.24) is 0 Å². The molecule has 0 fully saturated rings. The van der Waals surface area contributed by atoms with Crippen molar-refractivity contribution in [3.8, 4) is 0 Å². The van der Waals surface area contributed by atoms with E-state index >= 15 is 0 Å². The molecular formula is C15H8Br2FNO2. The molecule has 2 aromatic carbocycles. The van der Waals surface area contributed by atoms with Crippen LogP contribution in [-0.4, -0.2) is 11.7 Å². The molecule has 0 saturated heterocycles. The first-order chi connectivity index (χ1) is 9.97. The summed E-state index contributed by atoms with van der Waals surface area (Å²) in [4.78, 5) is 25.4. The zero-order chi connectivity index (χ0) is 15.1. The quantitative estimate of drug-likeness (QED) is 0.697. The third-order valence-corrected chi connectivity index (χ3v) is 4.26. The molecule has 0 aliphatic carbocycles. The van der Waals surface area contributed by atoms with E-state index < -0.39 is 17.5 Å². The van der Waals surface area contributed by atoms with E-state index in [1.807, 2.05) is 0 Å². The molecule has 1 aliphatic rings. The standard InChI is InChI=1S/C15H8Br2FNO2/c16-9-2-4-12(18)8(5-9)7-19-13-6-10(17)1-3-11(13)14(20)15(19)21/h1-6H,7H2. The van der Waals surface area contributed by atoms with E-state index in [-0.39, 0.29) is 6.54 Å². The highest BCUT2D eigenvalue weighted by Gasteiger charge is 2.36. The third-order valence-electron chi connectivity index (χ3n) is 3.27. The van der Waals surface area contributed by atoms with Crippen molar-refractivity contribution in [1.29, 1.82) is 0 Å². The van der Waals surface area contributed by atoms with Gasteiger partial charge in [-0.1, -0.05) is 31.9 Å². The summed E-state index contributed by atoms with van der Waals surface area (Å²) in [5, 5.41) is 0. The van der Waals surface area contributed by atoms with Crippen molar-refractivity contribution in [3.63, 3.8) is 0 Å². The number of amides is 1. The lowest BCUT2D eigenvalue weighted by atomic mass is 10.1. The lowest BCUT2D eigenvalue weighted by Crippen LogP contribution is -2.29. The topological polar surface area (TPSA) is 37.4 Å². The van der Waals surface area contributed by atoms with Crippen LogP contribution >= 0.6 is 31.9 Å². The molecule has 0 unspecified atom stereocenters. The van der Waals surface area contributed by atoms with Crippen molar-refractivity contribution in [2.24, 2.45) is 0 Å².